The van der Waals surface area contributed by atoms with Crippen molar-refractivity contribution in [2.45, 2.75) is 51.1 Å². The van der Waals surface area contributed by atoms with Gasteiger partial charge in [0.15, 0.2) is 6.04 Å². The monoisotopic (exact) mass is 479 g/mol. The Labute approximate surface area is 203 Å². The summed E-state index contributed by atoms with van der Waals surface area (Å²) in [7, 11) is 0. The molecule has 1 fully saturated rings. The molecule has 1 aromatic carbocycles. The first-order chi connectivity index (χ1) is 16.6. The van der Waals surface area contributed by atoms with Crippen LogP contribution in [0.4, 0.5) is 5.69 Å². The molecule has 34 heavy (non-hydrogen) atoms. The zero-order chi connectivity index (χ0) is 23.9. The maximum absolute atomic E-state index is 13.5. The molecule has 0 unspecified atom stereocenters. The fourth-order valence-corrected chi connectivity index (χ4v) is 4.88. The average Bonchev–Trinajstić information content (AvgIpc) is 3.64. The van der Waals surface area contributed by atoms with Crippen molar-refractivity contribution in [1.29, 1.82) is 0 Å². The van der Waals surface area contributed by atoms with Crippen LogP contribution in [0.5, 0.6) is 0 Å². The molecule has 0 aliphatic heterocycles. The molecule has 0 spiro atoms. The lowest BCUT2D eigenvalue weighted by molar-refractivity contribution is -0.127. The number of carbonyl (C=O) groups excluding carboxylic acids is 3. The molecule has 4 rings (SSSR count). The lowest BCUT2D eigenvalue weighted by Gasteiger charge is -2.31. The highest BCUT2D eigenvalue weighted by molar-refractivity contribution is 7.12. The van der Waals surface area contributed by atoms with Gasteiger partial charge < -0.3 is 15.1 Å². The minimum atomic E-state index is -0.991. The Hall–Kier alpha value is -3.39. The number of furan rings is 1. The van der Waals surface area contributed by atoms with E-state index in [1.165, 1.54) is 22.5 Å². The van der Waals surface area contributed by atoms with Gasteiger partial charge in [0.2, 0.25) is 5.91 Å². The molecule has 178 valence electrons. The lowest BCUT2D eigenvalue weighted by Crippen LogP contribution is -2.49. The molecule has 2 aromatic heterocycles. The Balaban J connectivity index is 1.63. The predicted molar refractivity (Wildman–Crippen MR) is 132 cm³/mol. The number of hydrogen-bond acceptors (Lipinski definition) is 5. The number of benzene rings is 1. The second-order valence-electron chi connectivity index (χ2n) is 8.35. The molecule has 7 nitrogen and oxygen atoms in total. The van der Waals surface area contributed by atoms with Gasteiger partial charge in [0.1, 0.15) is 5.76 Å². The summed E-state index contributed by atoms with van der Waals surface area (Å²) >= 11 is 1.30. The molecule has 1 saturated carbocycles. The van der Waals surface area contributed by atoms with Crippen molar-refractivity contribution in [2.75, 3.05) is 11.4 Å². The van der Waals surface area contributed by atoms with Crippen LogP contribution in [0.3, 0.4) is 0 Å². The van der Waals surface area contributed by atoms with Gasteiger partial charge in [-0.2, -0.15) is 0 Å². The quantitative estimate of drug-likeness (QED) is 0.474. The average molecular weight is 480 g/mol. The van der Waals surface area contributed by atoms with Gasteiger partial charge in [-0.1, -0.05) is 38.0 Å². The molecule has 2 heterocycles. The number of nitrogens with zero attached hydrogens (tertiary/aromatic N) is 1. The van der Waals surface area contributed by atoms with E-state index in [-0.39, 0.29) is 24.4 Å². The van der Waals surface area contributed by atoms with E-state index in [9.17, 15) is 14.4 Å². The maximum atomic E-state index is 13.5. The summed E-state index contributed by atoms with van der Waals surface area (Å²) < 4.78 is 5.62. The second-order valence-corrected chi connectivity index (χ2v) is 9.30. The van der Waals surface area contributed by atoms with Crippen LogP contribution in [-0.4, -0.2) is 30.3 Å². The zero-order valence-electron chi connectivity index (χ0n) is 19.2. The van der Waals surface area contributed by atoms with Crippen molar-refractivity contribution in [3.05, 3.63) is 76.4 Å². The van der Waals surface area contributed by atoms with Gasteiger partial charge in [-0.15, -0.1) is 11.3 Å². The summed E-state index contributed by atoms with van der Waals surface area (Å²) in [6.07, 6.45) is 6.35. The lowest BCUT2D eigenvalue weighted by atomic mass is 10.1. The van der Waals surface area contributed by atoms with Crippen LogP contribution >= 0.6 is 11.3 Å². The Morgan fingerprint density at radius 2 is 1.85 bits per heavy atom. The van der Waals surface area contributed by atoms with Crippen molar-refractivity contribution in [2.24, 2.45) is 0 Å². The third kappa shape index (κ3) is 5.56. The third-order valence-electron chi connectivity index (χ3n) is 6.06. The molecule has 0 radical (unpaired) electrons. The van der Waals surface area contributed by atoms with Crippen LogP contribution < -0.4 is 15.5 Å². The smallest absolute Gasteiger partial charge is 0.261 e. The van der Waals surface area contributed by atoms with E-state index < -0.39 is 11.9 Å². The number of nitrogens with one attached hydrogen (secondary N) is 2. The van der Waals surface area contributed by atoms with Crippen molar-refractivity contribution in [3.8, 4) is 0 Å². The highest BCUT2D eigenvalue weighted by Gasteiger charge is 2.36. The Bertz CT molecular complexity index is 1090. The van der Waals surface area contributed by atoms with Crippen LogP contribution in [0.15, 0.2) is 64.6 Å². The first-order valence-electron chi connectivity index (χ1n) is 11.6. The normalized spacial score (nSPS) is 14.5. The number of carbonyl (C=O) groups is 3. The number of aryl methyl sites for hydroxylation is 1. The third-order valence-corrected chi connectivity index (χ3v) is 6.93. The number of thiophene rings is 1. The van der Waals surface area contributed by atoms with E-state index in [1.54, 1.807) is 29.6 Å². The Morgan fingerprint density at radius 1 is 1.09 bits per heavy atom. The summed E-state index contributed by atoms with van der Waals surface area (Å²) in [5.74, 6) is -0.654. The topological polar surface area (TPSA) is 91.7 Å². The van der Waals surface area contributed by atoms with Gasteiger partial charge in [-0.25, -0.2) is 0 Å². The van der Waals surface area contributed by atoms with Crippen LogP contribution in [0, 0.1) is 0 Å². The van der Waals surface area contributed by atoms with Gasteiger partial charge in [-0.3, -0.25) is 19.3 Å². The molecule has 2 N–H and O–H groups in total. The van der Waals surface area contributed by atoms with Gasteiger partial charge in [0.25, 0.3) is 11.8 Å². The Morgan fingerprint density at radius 3 is 2.47 bits per heavy atom. The van der Waals surface area contributed by atoms with Crippen LogP contribution in [0.1, 0.15) is 59.6 Å². The molecule has 1 atom stereocenters. The van der Waals surface area contributed by atoms with Crippen molar-refractivity contribution in [3.63, 3.8) is 0 Å². The number of rotatable bonds is 9. The fourth-order valence-electron chi connectivity index (χ4n) is 4.24. The molecule has 3 aromatic rings. The van der Waals surface area contributed by atoms with Gasteiger partial charge in [0.05, 0.1) is 17.7 Å². The minimum absolute atomic E-state index is 0.0860. The summed E-state index contributed by atoms with van der Waals surface area (Å²) in [6, 6.07) is 13.5. The van der Waals surface area contributed by atoms with Crippen LogP contribution in [0.2, 0.25) is 0 Å². The number of anilines is 1. The van der Waals surface area contributed by atoms with Gasteiger partial charge >= 0.3 is 0 Å². The standard InChI is InChI=1S/C26H29N3O4S/c1-2-18-11-13-20(14-12-18)29(23(30)17-27-25(31)22-10-6-16-34-22)24(21-9-5-15-33-21)26(32)28-19-7-3-4-8-19/h5-6,9-16,19,24H,2-4,7-8,17H2,1H3,(H,27,31)(H,28,32)/t24-/m0/s1. The summed E-state index contributed by atoms with van der Waals surface area (Å²) in [4.78, 5) is 41.5. The molecule has 8 heteroatoms. The summed E-state index contributed by atoms with van der Waals surface area (Å²) in [6.45, 7) is 1.80. The summed E-state index contributed by atoms with van der Waals surface area (Å²) in [5, 5.41) is 7.60. The van der Waals surface area contributed by atoms with E-state index in [1.807, 2.05) is 24.3 Å². The minimum Gasteiger partial charge on any atom is -0.467 e. The van der Waals surface area contributed by atoms with E-state index in [4.69, 9.17) is 4.42 Å². The van der Waals surface area contributed by atoms with E-state index in [2.05, 4.69) is 17.6 Å². The number of amides is 3. The first-order valence-corrected chi connectivity index (χ1v) is 12.5. The molecule has 0 saturated heterocycles. The number of hydrogen-bond donors (Lipinski definition) is 2. The van der Waals surface area contributed by atoms with E-state index in [0.29, 0.717) is 16.3 Å². The van der Waals surface area contributed by atoms with Crippen molar-refractivity contribution < 1.29 is 18.8 Å². The van der Waals surface area contributed by atoms with Crippen molar-refractivity contribution >= 4 is 34.7 Å². The highest BCUT2D eigenvalue weighted by atomic mass is 32.1. The second kappa shape index (κ2) is 11.2. The van der Waals surface area contributed by atoms with E-state index in [0.717, 1.165) is 37.7 Å². The van der Waals surface area contributed by atoms with Gasteiger partial charge in [-0.05, 0) is 60.5 Å². The molecule has 0 bridgehead atoms. The van der Waals surface area contributed by atoms with Crippen LogP contribution in [0.25, 0.3) is 0 Å². The molecular formula is C26H29N3O4S. The zero-order valence-corrected chi connectivity index (χ0v) is 20.0. The Kier molecular flexibility index (Phi) is 7.80. The molecule has 3 amide bonds. The SMILES string of the molecule is CCc1ccc(N(C(=O)CNC(=O)c2cccs2)[C@H](C(=O)NC2CCCC2)c2ccco2)cc1. The van der Waals surface area contributed by atoms with Gasteiger partial charge in [0, 0.05) is 11.7 Å². The predicted octanol–water partition coefficient (Wildman–Crippen LogP) is 4.47. The largest absolute Gasteiger partial charge is 0.467 e. The van der Waals surface area contributed by atoms with E-state index >= 15 is 0 Å². The fraction of sp³-hybridized carbons (Fsp3) is 0.346. The molecule has 1 aliphatic carbocycles. The van der Waals surface area contributed by atoms with Crippen LogP contribution in [-0.2, 0) is 16.0 Å². The molecular weight excluding hydrogens is 450 g/mol. The maximum Gasteiger partial charge on any atom is 0.261 e. The van der Waals surface area contributed by atoms with Crippen molar-refractivity contribution in [1.82, 2.24) is 10.6 Å². The first kappa shape index (κ1) is 23.8. The summed E-state index contributed by atoms with van der Waals surface area (Å²) in [5.41, 5.74) is 1.68. The molecule has 1 aliphatic rings. The highest BCUT2D eigenvalue weighted by Crippen LogP contribution is 2.30.